The maximum Gasteiger partial charge on any atom is 0.101 e. The minimum absolute atomic E-state index is 0.614. The van der Waals surface area contributed by atoms with E-state index in [-0.39, 0.29) is 0 Å². The van der Waals surface area contributed by atoms with E-state index < -0.39 is 0 Å². The standard InChI is InChI=1S/C15H19ClN2/c1-11-3-2-4-12(7-11)10-18-15-6-5-14(16)8-13(15)9-17/h5-6,8,11-12,18H,2-4,7,10H2,1H3. The minimum Gasteiger partial charge on any atom is -0.384 e. The Kier molecular flexibility index (Phi) is 4.49. The summed E-state index contributed by atoms with van der Waals surface area (Å²) in [5.41, 5.74) is 1.53. The number of nitrogens with one attached hydrogen (secondary N) is 1. The second-order valence-corrected chi connectivity index (χ2v) is 5.76. The van der Waals surface area contributed by atoms with E-state index >= 15 is 0 Å². The van der Waals surface area contributed by atoms with Crippen LogP contribution in [0.5, 0.6) is 0 Å². The van der Waals surface area contributed by atoms with Crippen LogP contribution < -0.4 is 5.32 Å². The molecule has 0 amide bonds. The van der Waals surface area contributed by atoms with Crippen LogP contribution in [0.25, 0.3) is 0 Å². The fourth-order valence-corrected chi connectivity index (χ4v) is 2.93. The van der Waals surface area contributed by atoms with E-state index in [2.05, 4.69) is 18.3 Å². The van der Waals surface area contributed by atoms with Gasteiger partial charge >= 0.3 is 0 Å². The van der Waals surface area contributed by atoms with Crippen molar-refractivity contribution in [3.63, 3.8) is 0 Å². The maximum atomic E-state index is 9.07. The number of rotatable bonds is 3. The van der Waals surface area contributed by atoms with Crippen LogP contribution >= 0.6 is 11.6 Å². The van der Waals surface area contributed by atoms with E-state index in [9.17, 15) is 0 Å². The topological polar surface area (TPSA) is 35.8 Å². The molecule has 1 aliphatic carbocycles. The van der Waals surface area contributed by atoms with Gasteiger partial charge in [-0.25, -0.2) is 0 Å². The number of nitrogens with zero attached hydrogens (tertiary/aromatic N) is 1. The highest BCUT2D eigenvalue weighted by Gasteiger charge is 2.18. The van der Waals surface area contributed by atoms with Gasteiger partial charge in [0.05, 0.1) is 11.3 Å². The number of hydrogen-bond donors (Lipinski definition) is 1. The number of halogens is 1. The molecule has 96 valence electrons. The molecule has 3 heteroatoms. The third kappa shape index (κ3) is 3.40. The Morgan fingerprint density at radius 1 is 1.44 bits per heavy atom. The van der Waals surface area contributed by atoms with E-state index in [1.807, 2.05) is 12.1 Å². The zero-order valence-electron chi connectivity index (χ0n) is 10.7. The van der Waals surface area contributed by atoms with Crippen molar-refractivity contribution >= 4 is 17.3 Å². The highest BCUT2D eigenvalue weighted by atomic mass is 35.5. The smallest absolute Gasteiger partial charge is 0.101 e. The highest BCUT2D eigenvalue weighted by Crippen LogP contribution is 2.29. The second-order valence-electron chi connectivity index (χ2n) is 5.32. The maximum absolute atomic E-state index is 9.07. The van der Waals surface area contributed by atoms with Crippen molar-refractivity contribution < 1.29 is 0 Å². The molecule has 0 radical (unpaired) electrons. The van der Waals surface area contributed by atoms with Crippen LogP contribution in [-0.4, -0.2) is 6.54 Å². The Labute approximate surface area is 114 Å². The van der Waals surface area contributed by atoms with E-state index in [1.54, 1.807) is 6.07 Å². The Hall–Kier alpha value is -1.20. The van der Waals surface area contributed by atoms with Crippen LogP contribution in [0.1, 0.15) is 38.2 Å². The molecule has 2 nitrogen and oxygen atoms in total. The number of benzene rings is 1. The van der Waals surface area contributed by atoms with E-state index in [0.29, 0.717) is 10.6 Å². The van der Waals surface area contributed by atoms with Gasteiger partial charge in [0.1, 0.15) is 6.07 Å². The third-order valence-electron chi connectivity index (χ3n) is 3.73. The first-order chi connectivity index (χ1) is 8.69. The summed E-state index contributed by atoms with van der Waals surface area (Å²) >= 11 is 5.88. The molecule has 1 saturated carbocycles. The van der Waals surface area contributed by atoms with Crippen molar-refractivity contribution in [2.75, 3.05) is 11.9 Å². The van der Waals surface area contributed by atoms with Crippen molar-refractivity contribution in [1.82, 2.24) is 0 Å². The summed E-state index contributed by atoms with van der Waals surface area (Å²) < 4.78 is 0. The molecule has 0 spiro atoms. The highest BCUT2D eigenvalue weighted by molar-refractivity contribution is 6.30. The Morgan fingerprint density at radius 2 is 2.28 bits per heavy atom. The molecular formula is C15H19ClN2. The van der Waals surface area contributed by atoms with Gasteiger partial charge in [-0.05, 0) is 42.9 Å². The molecular weight excluding hydrogens is 244 g/mol. The predicted octanol–water partition coefficient (Wildman–Crippen LogP) is 4.45. The summed E-state index contributed by atoms with van der Waals surface area (Å²) in [6, 6.07) is 7.63. The van der Waals surface area contributed by atoms with Gasteiger partial charge in [0.25, 0.3) is 0 Å². The average molecular weight is 263 g/mol. The number of hydrogen-bond acceptors (Lipinski definition) is 2. The van der Waals surface area contributed by atoms with Gasteiger partial charge in [0.15, 0.2) is 0 Å². The lowest BCUT2D eigenvalue weighted by Crippen LogP contribution is -2.21. The molecule has 2 atom stereocenters. The summed E-state index contributed by atoms with van der Waals surface area (Å²) in [6.07, 6.45) is 5.29. The summed E-state index contributed by atoms with van der Waals surface area (Å²) in [6.45, 7) is 3.29. The van der Waals surface area contributed by atoms with Crippen molar-refractivity contribution in [3.05, 3.63) is 28.8 Å². The molecule has 0 heterocycles. The van der Waals surface area contributed by atoms with E-state index in [4.69, 9.17) is 16.9 Å². The SMILES string of the molecule is CC1CCCC(CNc2ccc(Cl)cc2C#N)C1. The number of nitriles is 1. The zero-order valence-corrected chi connectivity index (χ0v) is 11.5. The molecule has 1 aromatic carbocycles. The molecule has 1 fully saturated rings. The molecule has 0 aliphatic heterocycles. The molecule has 1 N–H and O–H groups in total. The fraction of sp³-hybridized carbons (Fsp3) is 0.533. The molecule has 2 rings (SSSR count). The van der Waals surface area contributed by atoms with Gasteiger partial charge in [0.2, 0.25) is 0 Å². The summed E-state index contributed by atoms with van der Waals surface area (Å²) in [5.74, 6) is 1.57. The Balaban J connectivity index is 1.96. The van der Waals surface area contributed by atoms with Gasteiger partial charge in [-0.2, -0.15) is 5.26 Å². The number of anilines is 1. The van der Waals surface area contributed by atoms with E-state index in [0.717, 1.165) is 24.1 Å². The molecule has 1 aliphatic rings. The lowest BCUT2D eigenvalue weighted by molar-refractivity contribution is 0.293. The van der Waals surface area contributed by atoms with Crippen LogP contribution in [0.4, 0.5) is 5.69 Å². The molecule has 0 aromatic heterocycles. The van der Waals surface area contributed by atoms with Crippen molar-refractivity contribution in [1.29, 1.82) is 5.26 Å². The largest absolute Gasteiger partial charge is 0.384 e. The second kappa shape index (κ2) is 6.11. The van der Waals surface area contributed by atoms with E-state index in [1.165, 1.54) is 25.7 Å². The molecule has 0 saturated heterocycles. The molecule has 2 unspecified atom stereocenters. The van der Waals surface area contributed by atoms with Crippen molar-refractivity contribution in [3.8, 4) is 6.07 Å². The van der Waals surface area contributed by atoms with Crippen LogP contribution in [-0.2, 0) is 0 Å². The quantitative estimate of drug-likeness (QED) is 0.874. The van der Waals surface area contributed by atoms with Gasteiger partial charge in [-0.15, -0.1) is 0 Å². The predicted molar refractivity (Wildman–Crippen MR) is 75.8 cm³/mol. The average Bonchev–Trinajstić information content (AvgIpc) is 2.37. The first kappa shape index (κ1) is 13.2. The van der Waals surface area contributed by atoms with Gasteiger partial charge < -0.3 is 5.32 Å². The first-order valence-electron chi connectivity index (χ1n) is 6.62. The minimum atomic E-state index is 0.614. The Bertz CT molecular complexity index is 450. The van der Waals surface area contributed by atoms with Crippen LogP contribution in [0.2, 0.25) is 5.02 Å². The van der Waals surface area contributed by atoms with Crippen LogP contribution in [0.3, 0.4) is 0 Å². The lowest BCUT2D eigenvalue weighted by Gasteiger charge is -2.27. The van der Waals surface area contributed by atoms with Gasteiger partial charge in [0, 0.05) is 11.6 Å². The van der Waals surface area contributed by atoms with Crippen LogP contribution in [0, 0.1) is 23.2 Å². The van der Waals surface area contributed by atoms with Gasteiger partial charge in [-0.1, -0.05) is 31.4 Å². The molecule has 0 bridgehead atoms. The summed E-state index contributed by atoms with van der Waals surface area (Å²) in [4.78, 5) is 0. The normalized spacial score (nSPS) is 23.4. The van der Waals surface area contributed by atoms with Gasteiger partial charge in [-0.3, -0.25) is 0 Å². The fourth-order valence-electron chi connectivity index (χ4n) is 2.76. The zero-order chi connectivity index (χ0) is 13.0. The summed E-state index contributed by atoms with van der Waals surface area (Å²) in [5, 5.41) is 13.1. The monoisotopic (exact) mass is 262 g/mol. The molecule has 1 aromatic rings. The summed E-state index contributed by atoms with van der Waals surface area (Å²) in [7, 11) is 0. The first-order valence-corrected chi connectivity index (χ1v) is 7.00. The Morgan fingerprint density at radius 3 is 3.00 bits per heavy atom. The molecule has 18 heavy (non-hydrogen) atoms. The van der Waals surface area contributed by atoms with Crippen molar-refractivity contribution in [2.24, 2.45) is 11.8 Å². The van der Waals surface area contributed by atoms with Crippen LogP contribution in [0.15, 0.2) is 18.2 Å². The third-order valence-corrected chi connectivity index (χ3v) is 3.96. The van der Waals surface area contributed by atoms with Crippen molar-refractivity contribution in [2.45, 2.75) is 32.6 Å². The lowest BCUT2D eigenvalue weighted by atomic mass is 9.82.